The van der Waals surface area contributed by atoms with Crippen LogP contribution in [-0.2, 0) is 14.3 Å². The molecule has 0 saturated carbocycles. The van der Waals surface area contributed by atoms with Gasteiger partial charge in [0.25, 0.3) is 0 Å². The predicted molar refractivity (Wildman–Crippen MR) is 122 cm³/mol. The molecule has 3 atom stereocenters. The Morgan fingerprint density at radius 1 is 1.07 bits per heavy atom. The second-order valence-electron chi connectivity index (χ2n) is 6.38. The van der Waals surface area contributed by atoms with Crippen molar-refractivity contribution in [1.29, 1.82) is 0 Å². The SMILES string of the molecule is COC1=C(OC)[C@H](O)[C@H](C/C=C(\S)CC/C=C(\S)CC/C=C/CO)[C@@H](S)C1=O. The normalized spacial score (nSPS) is 24.2. The molecule has 158 valence electrons. The van der Waals surface area contributed by atoms with E-state index in [2.05, 4.69) is 44.0 Å². The standard InChI is InChI=1S/C20H30O5S3/c1-24-18-16(22)15(20(28)17(23)19(18)25-2)11-10-14(27)9-6-8-13(26)7-4-3-5-12-21/h3,5,8,10,15-16,20-22,26-28H,4,6-7,9,11-12H2,1-2H3/b5-3+,13-8-,14-10-/t15-,16+,20+/m0/s1. The summed E-state index contributed by atoms with van der Waals surface area (Å²) in [4.78, 5) is 14.2. The minimum atomic E-state index is -0.964. The predicted octanol–water partition coefficient (Wildman–Crippen LogP) is 3.48. The van der Waals surface area contributed by atoms with Crippen molar-refractivity contribution >= 4 is 43.7 Å². The van der Waals surface area contributed by atoms with Crippen molar-refractivity contribution in [2.45, 2.75) is 43.5 Å². The number of Topliss-reactive ketones (excluding diaryl/α,β-unsaturated/α-hetero) is 1. The van der Waals surface area contributed by atoms with Crippen molar-refractivity contribution in [2.75, 3.05) is 20.8 Å². The average Bonchev–Trinajstić information content (AvgIpc) is 2.67. The number of hydrogen-bond donors (Lipinski definition) is 5. The number of methoxy groups -OCH3 is 2. The number of thiol groups is 3. The van der Waals surface area contributed by atoms with Gasteiger partial charge in [-0.2, -0.15) is 12.6 Å². The van der Waals surface area contributed by atoms with Crippen LogP contribution < -0.4 is 0 Å². The lowest BCUT2D eigenvalue weighted by Crippen LogP contribution is -2.42. The molecule has 28 heavy (non-hydrogen) atoms. The van der Waals surface area contributed by atoms with E-state index in [1.807, 2.05) is 12.2 Å². The van der Waals surface area contributed by atoms with Crippen LogP contribution in [0.2, 0.25) is 0 Å². The Labute approximate surface area is 183 Å². The van der Waals surface area contributed by atoms with E-state index in [4.69, 9.17) is 14.6 Å². The molecule has 0 saturated heterocycles. The molecule has 0 aromatic heterocycles. The molecule has 0 aromatic rings. The van der Waals surface area contributed by atoms with Crippen molar-refractivity contribution in [3.05, 3.63) is 45.6 Å². The topological polar surface area (TPSA) is 76.0 Å². The molecule has 8 heteroatoms. The smallest absolute Gasteiger partial charge is 0.214 e. The highest BCUT2D eigenvalue weighted by atomic mass is 32.1. The van der Waals surface area contributed by atoms with Gasteiger partial charge in [0.2, 0.25) is 11.5 Å². The second kappa shape index (κ2) is 13.4. The Morgan fingerprint density at radius 3 is 2.32 bits per heavy atom. The van der Waals surface area contributed by atoms with Crippen LogP contribution in [0.4, 0.5) is 0 Å². The van der Waals surface area contributed by atoms with Crippen LogP contribution >= 0.6 is 37.9 Å². The fourth-order valence-corrected chi connectivity index (χ4v) is 3.81. The van der Waals surface area contributed by atoms with E-state index in [0.29, 0.717) is 6.42 Å². The lowest BCUT2D eigenvalue weighted by Gasteiger charge is -2.33. The first-order valence-electron chi connectivity index (χ1n) is 9.11. The number of aliphatic hydroxyl groups excluding tert-OH is 2. The average molecular weight is 447 g/mol. The number of carbonyl (C=O) groups excluding carboxylic acids is 1. The van der Waals surface area contributed by atoms with E-state index in [0.717, 1.165) is 35.5 Å². The summed E-state index contributed by atoms with van der Waals surface area (Å²) in [6, 6.07) is 0. The summed E-state index contributed by atoms with van der Waals surface area (Å²) >= 11 is 13.3. The van der Waals surface area contributed by atoms with E-state index in [1.165, 1.54) is 14.2 Å². The molecule has 5 nitrogen and oxygen atoms in total. The highest BCUT2D eigenvalue weighted by molar-refractivity contribution is 7.84. The van der Waals surface area contributed by atoms with Crippen molar-refractivity contribution in [2.24, 2.45) is 5.92 Å². The summed E-state index contributed by atoms with van der Waals surface area (Å²) in [5.41, 5.74) is 0. The van der Waals surface area contributed by atoms with Gasteiger partial charge in [-0.3, -0.25) is 4.79 Å². The third-order valence-electron chi connectivity index (χ3n) is 4.47. The summed E-state index contributed by atoms with van der Waals surface area (Å²) < 4.78 is 10.3. The molecule has 0 unspecified atom stereocenters. The number of ether oxygens (including phenoxy) is 2. The first kappa shape index (κ1) is 25.2. The molecule has 0 aromatic carbocycles. The number of aliphatic hydroxyl groups is 2. The van der Waals surface area contributed by atoms with Gasteiger partial charge < -0.3 is 19.7 Å². The quantitative estimate of drug-likeness (QED) is 0.248. The van der Waals surface area contributed by atoms with E-state index in [-0.39, 0.29) is 23.9 Å². The minimum Gasteiger partial charge on any atom is -0.494 e. The summed E-state index contributed by atoms with van der Waals surface area (Å²) in [5.74, 6) is -0.525. The van der Waals surface area contributed by atoms with Gasteiger partial charge in [-0.15, -0.1) is 25.3 Å². The molecular formula is C20H30O5S3. The summed E-state index contributed by atoms with van der Waals surface area (Å²) in [7, 11) is 2.78. The number of hydrogen-bond acceptors (Lipinski definition) is 8. The zero-order valence-corrected chi connectivity index (χ0v) is 18.9. The van der Waals surface area contributed by atoms with Crippen LogP contribution in [-0.4, -0.2) is 48.2 Å². The maximum absolute atomic E-state index is 12.4. The maximum Gasteiger partial charge on any atom is 0.214 e. The Hall–Kier alpha value is -0.800. The van der Waals surface area contributed by atoms with Gasteiger partial charge in [-0.25, -0.2) is 0 Å². The van der Waals surface area contributed by atoms with E-state index < -0.39 is 17.3 Å². The molecular weight excluding hydrogens is 416 g/mol. The van der Waals surface area contributed by atoms with Gasteiger partial charge in [-0.1, -0.05) is 24.3 Å². The van der Waals surface area contributed by atoms with Gasteiger partial charge in [-0.05, 0) is 41.9 Å². The van der Waals surface area contributed by atoms with E-state index in [1.54, 1.807) is 6.08 Å². The van der Waals surface area contributed by atoms with Crippen molar-refractivity contribution < 1.29 is 24.5 Å². The highest BCUT2D eigenvalue weighted by Gasteiger charge is 2.42. The number of allylic oxidation sites excluding steroid dienone is 6. The van der Waals surface area contributed by atoms with Crippen LogP contribution in [0.1, 0.15) is 32.1 Å². The van der Waals surface area contributed by atoms with Crippen molar-refractivity contribution in [3.8, 4) is 0 Å². The fourth-order valence-electron chi connectivity index (χ4n) is 2.91. The van der Waals surface area contributed by atoms with Crippen molar-refractivity contribution in [3.63, 3.8) is 0 Å². The Kier molecular flexibility index (Phi) is 12.1. The molecule has 1 aliphatic rings. The Morgan fingerprint density at radius 2 is 1.71 bits per heavy atom. The lowest BCUT2D eigenvalue weighted by atomic mass is 9.85. The summed E-state index contributed by atoms with van der Waals surface area (Å²) in [5, 5.41) is 18.6. The van der Waals surface area contributed by atoms with Gasteiger partial charge in [0.1, 0.15) is 6.10 Å². The Bertz CT molecular complexity index is 640. The first-order chi connectivity index (χ1) is 13.4. The van der Waals surface area contributed by atoms with E-state index in [9.17, 15) is 9.90 Å². The number of ketones is 1. The van der Waals surface area contributed by atoms with Gasteiger partial charge >= 0.3 is 0 Å². The summed E-state index contributed by atoms with van der Waals surface area (Å²) in [6.45, 7) is 0.0578. The van der Waals surface area contributed by atoms with Crippen LogP contribution in [0, 0.1) is 5.92 Å². The molecule has 0 bridgehead atoms. The maximum atomic E-state index is 12.4. The molecule has 0 spiro atoms. The Balaban J connectivity index is 2.61. The molecule has 1 rings (SSSR count). The molecule has 0 radical (unpaired) electrons. The third kappa shape index (κ3) is 7.55. The molecule has 1 aliphatic carbocycles. The van der Waals surface area contributed by atoms with E-state index >= 15 is 0 Å². The van der Waals surface area contributed by atoms with Gasteiger partial charge in [0, 0.05) is 5.92 Å². The lowest BCUT2D eigenvalue weighted by molar-refractivity contribution is -0.122. The number of carbonyl (C=O) groups is 1. The zero-order chi connectivity index (χ0) is 21.1. The molecule has 0 heterocycles. The molecule has 0 aliphatic heterocycles. The van der Waals surface area contributed by atoms with Gasteiger partial charge in [0.05, 0.1) is 26.1 Å². The van der Waals surface area contributed by atoms with Crippen LogP contribution in [0.5, 0.6) is 0 Å². The first-order valence-corrected chi connectivity index (χ1v) is 10.5. The van der Waals surface area contributed by atoms with Crippen molar-refractivity contribution in [1.82, 2.24) is 0 Å². The largest absolute Gasteiger partial charge is 0.494 e. The highest BCUT2D eigenvalue weighted by Crippen LogP contribution is 2.34. The number of rotatable bonds is 11. The monoisotopic (exact) mass is 446 g/mol. The molecule has 0 fully saturated rings. The third-order valence-corrected chi connectivity index (χ3v) is 5.90. The fraction of sp³-hybridized carbons (Fsp3) is 0.550. The zero-order valence-electron chi connectivity index (χ0n) is 16.2. The van der Waals surface area contributed by atoms with Crippen LogP contribution in [0.15, 0.2) is 45.6 Å². The van der Waals surface area contributed by atoms with Crippen LogP contribution in [0.25, 0.3) is 0 Å². The van der Waals surface area contributed by atoms with Crippen LogP contribution in [0.3, 0.4) is 0 Å². The minimum absolute atomic E-state index is 0.0293. The second-order valence-corrected chi connectivity index (χ2v) is 8.08. The van der Waals surface area contributed by atoms with Gasteiger partial charge in [0.15, 0.2) is 5.76 Å². The molecule has 0 amide bonds. The summed E-state index contributed by atoms with van der Waals surface area (Å²) in [6.07, 6.45) is 10.3. The molecule has 2 N–H and O–H groups in total.